The summed E-state index contributed by atoms with van der Waals surface area (Å²) in [5.74, 6) is 0.756. The van der Waals surface area contributed by atoms with Crippen molar-refractivity contribution in [1.29, 1.82) is 0 Å². The normalized spacial score (nSPS) is 15.0. The van der Waals surface area contributed by atoms with E-state index in [0.717, 1.165) is 50.9 Å². The second kappa shape index (κ2) is 12.2. The molecule has 6 nitrogen and oxygen atoms in total. The number of pyridine rings is 1. The number of ether oxygens (including phenoxy) is 1. The standard InChI is InChI=1S/C20H26ClN5O.HI/c1-22-20(24-13-16-6-7-19(21)23-12-16)25-14-17-4-2-3-5-18(17)15-26-8-10-27-11-9-26;/h2-7,12H,8-11,13-15H2,1H3,(H2,22,24,25);1H. The molecule has 0 saturated carbocycles. The molecule has 0 radical (unpaired) electrons. The number of halogens is 2. The molecule has 2 aromatic rings. The minimum atomic E-state index is 0. The third kappa shape index (κ3) is 7.20. The second-order valence-electron chi connectivity index (χ2n) is 6.43. The van der Waals surface area contributed by atoms with E-state index in [0.29, 0.717) is 11.7 Å². The van der Waals surface area contributed by atoms with Crippen LogP contribution in [0.4, 0.5) is 0 Å². The van der Waals surface area contributed by atoms with Crippen molar-refractivity contribution in [2.75, 3.05) is 33.4 Å². The first-order valence-electron chi connectivity index (χ1n) is 9.16. The summed E-state index contributed by atoms with van der Waals surface area (Å²) in [6.07, 6.45) is 1.76. The fourth-order valence-electron chi connectivity index (χ4n) is 2.98. The Morgan fingerprint density at radius 2 is 1.82 bits per heavy atom. The van der Waals surface area contributed by atoms with E-state index >= 15 is 0 Å². The molecule has 1 aliphatic rings. The monoisotopic (exact) mass is 515 g/mol. The molecule has 1 aliphatic heterocycles. The second-order valence-corrected chi connectivity index (χ2v) is 6.81. The molecule has 1 fully saturated rings. The average Bonchev–Trinajstić information content (AvgIpc) is 2.71. The van der Waals surface area contributed by atoms with Crippen LogP contribution in [0.5, 0.6) is 0 Å². The summed E-state index contributed by atoms with van der Waals surface area (Å²) in [4.78, 5) is 10.8. The lowest BCUT2D eigenvalue weighted by Crippen LogP contribution is -2.37. The fraction of sp³-hybridized carbons (Fsp3) is 0.400. The maximum atomic E-state index is 5.83. The Labute approximate surface area is 188 Å². The van der Waals surface area contributed by atoms with Crippen LogP contribution in [0.25, 0.3) is 0 Å². The molecule has 28 heavy (non-hydrogen) atoms. The van der Waals surface area contributed by atoms with Crippen molar-refractivity contribution in [3.8, 4) is 0 Å². The highest BCUT2D eigenvalue weighted by molar-refractivity contribution is 14.0. The van der Waals surface area contributed by atoms with Crippen molar-refractivity contribution in [3.05, 3.63) is 64.4 Å². The zero-order chi connectivity index (χ0) is 18.9. The summed E-state index contributed by atoms with van der Waals surface area (Å²) in [5, 5.41) is 7.20. The van der Waals surface area contributed by atoms with E-state index in [9.17, 15) is 0 Å². The van der Waals surface area contributed by atoms with E-state index in [2.05, 4.69) is 49.8 Å². The van der Waals surface area contributed by atoms with Crippen LogP contribution in [0.1, 0.15) is 16.7 Å². The van der Waals surface area contributed by atoms with Gasteiger partial charge in [-0.25, -0.2) is 4.98 Å². The Bertz CT molecular complexity index is 751. The van der Waals surface area contributed by atoms with Crippen molar-refractivity contribution >= 4 is 41.5 Å². The maximum Gasteiger partial charge on any atom is 0.191 e. The van der Waals surface area contributed by atoms with E-state index in [1.54, 1.807) is 19.3 Å². The van der Waals surface area contributed by atoms with Gasteiger partial charge in [0, 0.05) is 46.0 Å². The van der Waals surface area contributed by atoms with Gasteiger partial charge in [-0.05, 0) is 22.8 Å². The number of aliphatic imine (C=N–C) groups is 1. The number of guanidine groups is 1. The molecule has 0 atom stereocenters. The van der Waals surface area contributed by atoms with Crippen molar-refractivity contribution in [1.82, 2.24) is 20.5 Å². The Balaban J connectivity index is 0.00000280. The SMILES string of the molecule is CN=C(NCc1ccc(Cl)nc1)NCc1ccccc1CN1CCOCC1.I. The number of nitrogens with zero attached hydrogens (tertiary/aromatic N) is 3. The zero-order valence-corrected chi connectivity index (χ0v) is 19.1. The Morgan fingerprint density at radius 3 is 2.50 bits per heavy atom. The largest absolute Gasteiger partial charge is 0.379 e. The Morgan fingerprint density at radius 1 is 1.11 bits per heavy atom. The molecule has 152 valence electrons. The van der Waals surface area contributed by atoms with Crippen LogP contribution in [-0.2, 0) is 24.4 Å². The molecule has 0 bridgehead atoms. The molecular formula is C20H27ClIN5O. The number of benzene rings is 1. The molecule has 0 aliphatic carbocycles. The molecule has 0 unspecified atom stereocenters. The van der Waals surface area contributed by atoms with Crippen molar-refractivity contribution in [2.24, 2.45) is 4.99 Å². The van der Waals surface area contributed by atoms with Gasteiger partial charge in [0.15, 0.2) is 5.96 Å². The lowest BCUT2D eigenvalue weighted by molar-refractivity contribution is 0.0341. The minimum absolute atomic E-state index is 0. The average molecular weight is 516 g/mol. The van der Waals surface area contributed by atoms with Crippen LogP contribution in [0.3, 0.4) is 0 Å². The molecule has 1 saturated heterocycles. The summed E-state index contributed by atoms with van der Waals surface area (Å²) in [6.45, 7) is 5.91. The lowest BCUT2D eigenvalue weighted by Gasteiger charge is -2.27. The fourth-order valence-corrected chi connectivity index (χ4v) is 3.09. The lowest BCUT2D eigenvalue weighted by atomic mass is 10.1. The topological polar surface area (TPSA) is 61.8 Å². The maximum absolute atomic E-state index is 5.83. The van der Waals surface area contributed by atoms with Crippen LogP contribution in [0.15, 0.2) is 47.6 Å². The number of rotatable bonds is 6. The summed E-state index contributed by atoms with van der Waals surface area (Å²) < 4.78 is 5.44. The molecular weight excluding hydrogens is 489 g/mol. The first-order chi connectivity index (χ1) is 13.2. The van der Waals surface area contributed by atoms with Gasteiger partial charge in [-0.3, -0.25) is 9.89 Å². The van der Waals surface area contributed by atoms with Crippen molar-refractivity contribution in [3.63, 3.8) is 0 Å². The highest BCUT2D eigenvalue weighted by Crippen LogP contribution is 2.13. The van der Waals surface area contributed by atoms with Crippen molar-refractivity contribution in [2.45, 2.75) is 19.6 Å². The van der Waals surface area contributed by atoms with E-state index in [-0.39, 0.29) is 24.0 Å². The van der Waals surface area contributed by atoms with Gasteiger partial charge in [-0.15, -0.1) is 24.0 Å². The predicted octanol–water partition coefficient (Wildman–Crippen LogP) is 3.05. The van der Waals surface area contributed by atoms with Gasteiger partial charge in [-0.1, -0.05) is 41.9 Å². The highest BCUT2D eigenvalue weighted by Gasteiger charge is 2.12. The quantitative estimate of drug-likeness (QED) is 0.268. The van der Waals surface area contributed by atoms with Gasteiger partial charge < -0.3 is 15.4 Å². The van der Waals surface area contributed by atoms with Gasteiger partial charge in [0.25, 0.3) is 0 Å². The van der Waals surface area contributed by atoms with Gasteiger partial charge in [0.1, 0.15) is 5.15 Å². The minimum Gasteiger partial charge on any atom is -0.379 e. The number of hydrogen-bond acceptors (Lipinski definition) is 4. The van der Waals surface area contributed by atoms with Gasteiger partial charge >= 0.3 is 0 Å². The van der Waals surface area contributed by atoms with E-state index in [1.807, 2.05) is 6.07 Å². The first-order valence-corrected chi connectivity index (χ1v) is 9.54. The summed E-state index contributed by atoms with van der Waals surface area (Å²) in [7, 11) is 1.77. The zero-order valence-electron chi connectivity index (χ0n) is 16.0. The molecule has 3 rings (SSSR count). The molecule has 0 amide bonds. The summed E-state index contributed by atoms with van der Waals surface area (Å²) in [5.41, 5.74) is 3.67. The van der Waals surface area contributed by atoms with Crippen LogP contribution in [0, 0.1) is 0 Å². The summed E-state index contributed by atoms with van der Waals surface area (Å²) >= 11 is 5.83. The molecule has 1 aromatic carbocycles. The number of hydrogen-bond donors (Lipinski definition) is 2. The van der Waals surface area contributed by atoms with Gasteiger partial charge in [0.05, 0.1) is 13.2 Å². The predicted molar refractivity (Wildman–Crippen MR) is 124 cm³/mol. The Hall–Kier alpha value is -1.42. The number of morpholine rings is 1. The molecule has 0 spiro atoms. The first kappa shape index (κ1) is 22.9. The number of aromatic nitrogens is 1. The van der Waals surface area contributed by atoms with Crippen LogP contribution >= 0.6 is 35.6 Å². The van der Waals surface area contributed by atoms with Crippen LogP contribution < -0.4 is 10.6 Å². The van der Waals surface area contributed by atoms with Crippen molar-refractivity contribution < 1.29 is 4.74 Å². The van der Waals surface area contributed by atoms with Gasteiger partial charge in [0.2, 0.25) is 0 Å². The molecule has 1 aromatic heterocycles. The van der Waals surface area contributed by atoms with E-state index in [4.69, 9.17) is 16.3 Å². The van der Waals surface area contributed by atoms with Crippen LogP contribution in [0.2, 0.25) is 5.15 Å². The van der Waals surface area contributed by atoms with E-state index < -0.39 is 0 Å². The Kier molecular flexibility index (Phi) is 9.97. The summed E-state index contributed by atoms with van der Waals surface area (Å²) in [6, 6.07) is 12.3. The van der Waals surface area contributed by atoms with E-state index in [1.165, 1.54) is 11.1 Å². The third-order valence-corrected chi connectivity index (χ3v) is 4.76. The van der Waals surface area contributed by atoms with Gasteiger partial charge in [-0.2, -0.15) is 0 Å². The third-order valence-electron chi connectivity index (χ3n) is 4.53. The number of nitrogens with one attached hydrogen (secondary N) is 2. The molecule has 2 heterocycles. The molecule has 8 heteroatoms. The smallest absolute Gasteiger partial charge is 0.191 e. The molecule has 2 N–H and O–H groups in total. The highest BCUT2D eigenvalue weighted by atomic mass is 127. The van der Waals surface area contributed by atoms with Crippen LogP contribution in [-0.4, -0.2) is 49.2 Å².